The Kier molecular flexibility index (Phi) is 6.08. The molecule has 1 aliphatic rings. The Morgan fingerprint density at radius 3 is 2.71 bits per heavy atom. The van der Waals surface area contributed by atoms with Gasteiger partial charge in [0.25, 0.3) is 0 Å². The molecule has 0 unspecified atom stereocenters. The van der Waals surface area contributed by atoms with Gasteiger partial charge in [-0.25, -0.2) is 0 Å². The number of carbonyl (C=O) groups is 3. The summed E-state index contributed by atoms with van der Waals surface area (Å²) in [6.45, 7) is 5.37. The van der Waals surface area contributed by atoms with Crippen molar-refractivity contribution in [1.29, 1.82) is 0 Å². The van der Waals surface area contributed by atoms with Gasteiger partial charge in [-0.05, 0) is 40.8 Å². The Labute approximate surface area is 159 Å². The van der Waals surface area contributed by atoms with Crippen molar-refractivity contribution in [2.75, 3.05) is 17.6 Å². The maximum absolute atomic E-state index is 12.2. The highest BCUT2D eigenvalue weighted by molar-refractivity contribution is 14.1. The lowest BCUT2D eigenvalue weighted by Crippen LogP contribution is -2.34. The minimum Gasteiger partial charge on any atom is -0.325 e. The predicted molar refractivity (Wildman–Crippen MR) is 105 cm³/mol. The van der Waals surface area contributed by atoms with E-state index in [2.05, 4.69) is 27.9 Å². The number of anilines is 1. The van der Waals surface area contributed by atoms with Gasteiger partial charge in [0.2, 0.25) is 11.8 Å². The number of benzene rings is 1. The molecule has 128 valence electrons. The summed E-state index contributed by atoms with van der Waals surface area (Å²) >= 11 is 3.45. The first kappa shape index (κ1) is 19.0. The second-order valence-electron chi connectivity index (χ2n) is 6.42. The zero-order chi connectivity index (χ0) is 17.9. The van der Waals surface area contributed by atoms with Crippen molar-refractivity contribution in [3.05, 3.63) is 38.9 Å². The van der Waals surface area contributed by atoms with E-state index < -0.39 is 5.41 Å². The van der Waals surface area contributed by atoms with E-state index >= 15 is 0 Å². The van der Waals surface area contributed by atoms with Crippen molar-refractivity contribution in [1.82, 2.24) is 4.90 Å². The molecule has 0 spiro atoms. The van der Waals surface area contributed by atoms with Crippen LogP contribution in [0.25, 0.3) is 0 Å². The Morgan fingerprint density at radius 1 is 1.38 bits per heavy atom. The Hall–Kier alpha value is -1.35. The van der Waals surface area contributed by atoms with E-state index in [1.807, 2.05) is 39.0 Å². The number of carbonyl (C=O) groups excluding carboxylic acids is 3. The van der Waals surface area contributed by atoms with Crippen molar-refractivity contribution in [3.8, 4) is 0 Å². The maximum Gasteiger partial charge on any atom is 0.244 e. The Balaban J connectivity index is 2.08. The van der Waals surface area contributed by atoms with Crippen LogP contribution in [0.4, 0.5) is 5.69 Å². The largest absolute Gasteiger partial charge is 0.325 e. The molecule has 1 aliphatic heterocycles. The number of hydrogen-bond donors (Lipinski definition) is 1. The van der Waals surface area contributed by atoms with Gasteiger partial charge in [0, 0.05) is 20.7 Å². The summed E-state index contributed by atoms with van der Waals surface area (Å²) in [5.74, 6) is -0.268. The minimum atomic E-state index is -0.520. The molecule has 0 aliphatic carbocycles. The average molecular weight is 458 g/mol. The summed E-state index contributed by atoms with van der Waals surface area (Å²) < 4.78 is 1.01. The molecule has 1 heterocycles. The molecule has 7 heteroatoms. The summed E-state index contributed by atoms with van der Waals surface area (Å²) in [4.78, 5) is 37.8. The molecular weight excluding hydrogens is 439 g/mol. The third-order valence-corrected chi connectivity index (χ3v) is 5.01. The molecule has 0 bridgehead atoms. The first-order chi connectivity index (χ1) is 11.2. The van der Waals surface area contributed by atoms with Crippen LogP contribution in [-0.4, -0.2) is 34.8 Å². The molecule has 0 aromatic heterocycles. The van der Waals surface area contributed by atoms with E-state index in [1.165, 1.54) is 22.7 Å². The summed E-state index contributed by atoms with van der Waals surface area (Å²) in [7, 11) is 0. The van der Waals surface area contributed by atoms with E-state index in [9.17, 15) is 14.4 Å². The van der Waals surface area contributed by atoms with Crippen LogP contribution >= 0.6 is 34.4 Å². The number of allylic oxidation sites excluding steroid dienone is 1. The third-order valence-electron chi connectivity index (χ3n) is 3.31. The number of hydrogen-bond acceptors (Lipinski definition) is 4. The smallest absolute Gasteiger partial charge is 0.244 e. The first-order valence-electron chi connectivity index (χ1n) is 7.41. The van der Waals surface area contributed by atoms with Crippen LogP contribution in [0.15, 0.2) is 35.4 Å². The third kappa shape index (κ3) is 5.07. The molecule has 2 amide bonds. The number of rotatable bonds is 4. The van der Waals surface area contributed by atoms with Crippen LogP contribution in [0, 0.1) is 8.99 Å². The lowest BCUT2D eigenvalue weighted by molar-refractivity contribution is -0.129. The summed E-state index contributed by atoms with van der Waals surface area (Å²) in [5, 5.41) is 3.31. The van der Waals surface area contributed by atoms with E-state index in [4.69, 9.17) is 0 Å². The fraction of sp³-hybridized carbons (Fsp3) is 0.353. The maximum atomic E-state index is 12.2. The summed E-state index contributed by atoms with van der Waals surface area (Å²) in [6, 6.07) is 7.41. The molecule has 24 heavy (non-hydrogen) atoms. The molecule has 2 rings (SSSR count). The normalized spacial score (nSPS) is 16.6. The van der Waals surface area contributed by atoms with Gasteiger partial charge in [0.1, 0.15) is 6.54 Å². The molecular formula is C17H19IN2O3S. The van der Waals surface area contributed by atoms with Gasteiger partial charge in [-0.3, -0.25) is 19.3 Å². The van der Waals surface area contributed by atoms with Gasteiger partial charge in [-0.2, -0.15) is 0 Å². The highest BCUT2D eigenvalue weighted by atomic mass is 127. The highest BCUT2D eigenvalue weighted by Crippen LogP contribution is 2.30. The van der Waals surface area contributed by atoms with Crippen LogP contribution in [0.3, 0.4) is 0 Å². The van der Waals surface area contributed by atoms with Crippen LogP contribution < -0.4 is 5.32 Å². The molecule has 1 aromatic carbocycles. The van der Waals surface area contributed by atoms with Crippen LogP contribution in [-0.2, 0) is 14.4 Å². The van der Waals surface area contributed by atoms with Crippen LogP contribution in [0.2, 0.25) is 0 Å². The molecule has 0 radical (unpaired) electrons. The fourth-order valence-corrected chi connectivity index (χ4v) is 3.42. The topological polar surface area (TPSA) is 66.5 Å². The second-order valence-corrected chi connectivity index (χ2v) is 8.67. The van der Waals surface area contributed by atoms with Crippen molar-refractivity contribution in [3.63, 3.8) is 0 Å². The molecule has 0 saturated carbocycles. The van der Waals surface area contributed by atoms with Gasteiger partial charge in [-0.15, -0.1) is 0 Å². The minimum absolute atomic E-state index is 0.0669. The molecule has 1 N–H and O–H groups in total. The number of nitrogens with one attached hydrogen (secondary N) is 1. The van der Waals surface area contributed by atoms with Gasteiger partial charge in [-0.1, -0.05) is 38.6 Å². The van der Waals surface area contributed by atoms with Crippen molar-refractivity contribution < 1.29 is 14.4 Å². The van der Waals surface area contributed by atoms with Gasteiger partial charge >= 0.3 is 0 Å². The standard InChI is InChI=1S/C17H19IN2O3S/c1-17(2,3)13(21)8-16-20(15(23)10-24-16)9-14(22)19-12-6-4-5-11(18)7-12/h4-8H,9-10H2,1-3H3,(H,19,22)/b16-8-. The zero-order valence-electron chi connectivity index (χ0n) is 13.8. The molecule has 0 atom stereocenters. The summed E-state index contributed by atoms with van der Waals surface area (Å²) in [6.07, 6.45) is 1.47. The SMILES string of the molecule is CC(C)(C)C(=O)/C=C1\SCC(=O)N1CC(=O)Nc1cccc(I)c1. The lowest BCUT2D eigenvalue weighted by Gasteiger charge is -2.19. The van der Waals surface area contributed by atoms with Crippen molar-refractivity contribution >= 4 is 57.6 Å². The van der Waals surface area contributed by atoms with Crippen LogP contribution in [0.5, 0.6) is 0 Å². The van der Waals surface area contributed by atoms with Gasteiger partial charge in [0.05, 0.1) is 10.8 Å². The molecule has 5 nitrogen and oxygen atoms in total. The monoisotopic (exact) mass is 458 g/mol. The number of thioether (sulfide) groups is 1. The number of nitrogens with zero attached hydrogens (tertiary/aromatic N) is 1. The van der Waals surface area contributed by atoms with Gasteiger partial charge < -0.3 is 5.32 Å². The van der Waals surface area contributed by atoms with Crippen molar-refractivity contribution in [2.45, 2.75) is 20.8 Å². The Morgan fingerprint density at radius 2 is 2.08 bits per heavy atom. The molecule has 1 aromatic rings. The number of ketones is 1. The molecule has 1 fully saturated rings. The number of amides is 2. The van der Waals surface area contributed by atoms with E-state index in [0.29, 0.717) is 10.7 Å². The van der Waals surface area contributed by atoms with E-state index in [-0.39, 0.29) is 29.9 Å². The van der Waals surface area contributed by atoms with E-state index in [0.717, 1.165) is 3.57 Å². The Bertz CT molecular complexity index is 710. The van der Waals surface area contributed by atoms with Crippen molar-refractivity contribution in [2.24, 2.45) is 5.41 Å². The highest BCUT2D eigenvalue weighted by Gasteiger charge is 2.30. The van der Waals surface area contributed by atoms with Gasteiger partial charge in [0.15, 0.2) is 5.78 Å². The zero-order valence-corrected chi connectivity index (χ0v) is 16.7. The first-order valence-corrected chi connectivity index (χ1v) is 9.48. The second kappa shape index (κ2) is 7.69. The average Bonchev–Trinajstić information content (AvgIpc) is 2.79. The van der Waals surface area contributed by atoms with Crippen LogP contribution in [0.1, 0.15) is 20.8 Å². The summed E-state index contributed by atoms with van der Waals surface area (Å²) in [5.41, 5.74) is 0.163. The predicted octanol–water partition coefficient (Wildman–Crippen LogP) is 3.26. The molecule has 1 saturated heterocycles. The number of halogens is 1. The quantitative estimate of drug-likeness (QED) is 0.556. The van der Waals surface area contributed by atoms with E-state index in [1.54, 1.807) is 6.07 Å². The lowest BCUT2D eigenvalue weighted by atomic mass is 9.91. The fourth-order valence-electron chi connectivity index (χ4n) is 1.94.